The number of rotatable bonds is 4. The van der Waals surface area contributed by atoms with Crippen LogP contribution in [0.15, 0.2) is 24.3 Å². The Morgan fingerprint density at radius 3 is 2.85 bits per heavy atom. The molecule has 1 heterocycles. The van der Waals surface area contributed by atoms with Crippen LogP contribution in [0.4, 0.5) is 5.69 Å². The van der Waals surface area contributed by atoms with E-state index in [1.807, 2.05) is 26.0 Å². The Balaban J connectivity index is 2.17. The van der Waals surface area contributed by atoms with Crippen LogP contribution >= 0.6 is 0 Å². The van der Waals surface area contributed by atoms with Gasteiger partial charge in [-0.1, -0.05) is 25.1 Å². The van der Waals surface area contributed by atoms with Crippen molar-refractivity contribution in [3.05, 3.63) is 29.8 Å². The Morgan fingerprint density at radius 2 is 2.15 bits per heavy atom. The summed E-state index contributed by atoms with van der Waals surface area (Å²) in [6.45, 7) is 6.90. The highest BCUT2D eigenvalue weighted by Crippen LogP contribution is 2.33. The first-order valence-electron chi connectivity index (χ1n) is 7.46. The van der Waals surface area contributed by atoms with Crippen LogP contribution in [-0.2, 0) is 4.79 Å². The van der Waals surface area contributed by atoms with E-state index in [1.54, 1.807) is 0 Å². The number of nitrogens with two attached hydrogens (primary N) is 1. The van der Waals surface area contributed by atoms with Crippen molar-refractivity contribution in [3.8, 4) is 0 Å². The molecule has 1 amide bonds. The molecule has 4 heteroatoms. The average Bonchev–Trinajstić information content (AvgIpc) is 2.47. The van der Waals surface area contributed by atoms with Gasteiger partial charge in [-0.05, 0) is 38.3 Å². The number of hydrogen-bond donors (Lipinski definition) is 2. The summed E-state index contributed by atoms with van der Waals surface area (Å²) < 4.78 is 0. The lowest BCUT2D eigenvalue weighted by molar-refractivity contribution is -0.122. The SMILES string of the molecule is CCC(C)NC(=O)C(C)N1CCC(N)c2ccccc21. The molecule has 0 aliphatic carbocycles. The molecule has 1 aliphatic heterocycles. The maximum atomic E-state index is 12.3. The number of carbonyl (C=O) groups excluding carboxylic acids is 1. The molecule has 0 fully saturated rings. The molecule has 3 unspecified atom stereocenters. The molecule has 20 heavy (non-hydrogen) atoms. The highest BCUT2D eigenvalue weighted by atomic mass is 16.2. The van der Waals surface area contributed by atoms with Crippen molar-refractivity contribution < 1.29 is 4.79 Å². The molecule has 1 aromatic rings. The van der Waals surface area contributed by atoms with Crippen molar-refractivity contribution in [2.45, 2.75) is 51.7 Å². The smallest absolute Gasteiger partial charge is 0.242 e. The monoisotopic (exact) mass is 275 g/mol. The molecule has 0 spiro atoms. The summed E-state index contributed by atoms with van der Waals surface area (Å²) in [7, 11) is 0. The zero-order chi connectivity index (χ0) is 14.7. The predicted octanol–water partition coefficient (Wildman–Crippen LogP) is 2.20. The maximum Gasteiger partial charge on any atom is 0.242 e. The van der Waals surface area contributed by atoms with Gasteiger partial charge >= 0.3 is 0 Å². The molecule has 0 aromatic heterocycles. The second-order valence-electron chi connectivity index (χ2n) is 5.64. The van der Waals surface area contributed by atoms with Gasteiger partial charge in [-0.25, -0.2) is 0 Å². The Morgan fingerprint density at radius 1 is 1.45 bits per heavy atom. The van der Waals surface area contributed by atoms with E-state index in [2.05, 4.69) is 29.3 Å². The van der Waals surface area contributed by atoms with E-state index < -0.39 is 0 Å². The minimum Gasteiger partial charge on any atom is -0.359 e. The van der Waals surface area contributed by atoms with E-state index in [4.69, 9.17) is 5.73 Å². The molecular formula is C16H25N3O. The Hall–Kier alpha value is -1.55. The van der Waals surface area contributed by atoms with Crippen molar-refractivity contribution in [2.75, 3.05) is 11.4 Å². The molecule has 0 bridgehead atoms. The molecule has 0 radical (unpaired) electrons. The van der Waals surface area contributed by atoms with Crippen LogP contribution in [0.5, 0.6) is 0 Å². The molecule has 1 aliphatic rings. The third kappa shape index (κ3) is 2.96. The third-order valence-electron chi connectivity index (χ3n) is 4.17. The van der Waals surface area contributed by atoms with Gasteiger partial charge in [-0.2, -0.15) is 0 Å². The Kier molecular flexibility index (Phi) is 4.65. The first-order chi connectivity index (χ1) is 9.54. The summed E-state index contributed by atoms with van der Waals surface area (Å²) >= 11 is 0. The second-order valence-corrected chi connectivity index (χ2v) is 5.64. The molecule has 110 valence electrons. The lowest BCUT2D eigenvalue weighted by atomic mass is 9.96. The largest absolute Gasteiger partial charge is 0.359 e. The number of carbonyl (C=O) groups is 1. The number of nitrogens with zero attached hydrogens (tertiary/aromatic N) is 1. The van der Waals surface area contributed by atoms with Crippen LogP contribution in [0.3, 0.4) is 0 Å². The van der Waals surface area contributed by atoms with Crippen LogP contribution in [0.25, 0.3) is 0 Å². The number of amides is 1. The molecule has 3 N–H and O–H groups in total. The predicted molar refractivity (Wildman–Crippen MR) is 82.7 cm³/mol. The summed E-state index contributed by atoms with van der Waals surface area (Å²) in [6.07, 6.45) is 1.83. The molecule has 3 atom stereocenters. The van der Waals surface area contributed by atoms with Gasteiger partial charge in [0.25, 0.3) is 0 Å². The first-order valence-corrected chi connectivity index (χ1v) is 7.46. The average molecular weight is 275 g/mol. The van der Waals surface area contributed by atoms with E-state index in [0.717, 1.165) is 30.6 Å². The maximum absolute atomic E-state index is 12.3. The van der Waals surface area contributed by atoms with Gasteiger partial charge in [0.1, 0.15) is 6.04 Å². The highest BCUT2D eigenvalue weighted by Gasteiger charge is 2.29. The molecule has 0 saturated carbocycles. The molecule has 4 nitrogen and oxygen atoms in total. The summed E-state index contributed by atoms with van der Waals surface area (Å²) in [5.41, 5.74) is 8.40. The Labute approximate surface area is 121 Å². The molecule has 2 rings (SSSR count). The van der Waals surface area contributed by atoms with E-state index in [1.165, 1.54) is 0 Å². The summed E-state index contributed by atoms with van der Waals surface area (Å²) in [5, 5.41) is 3.06. The molecule has 0 saturated heterocycles. The summed E-state index contributed by atoms with van der Waals surface area (Å²) in [4.78, 5) is 14.5. The van der Waals surface area contributed by atoms with Gasteiger partial charge in [-0.15, -0.1) is 0 Å². The Bertz CT molecular complexity index is 475. The summed E-state index contributed by atoms with van der Waals surface area (Å²) in [6, 6.07) is 8.25. The van der Waals surface area contributed by atoms with Gasteiger partial charge in [0, 0.05) is 24.3 Å². The fourth-order valence-electron chi connectivity index (χ4n) is 2.63. The highest BCUT2D eigenvalue weighted by molar-refractivity contribution is 5.85. The van der Waals surface area contributed by atoms with Crippen molar-refractivity contribution in [1.29, 1.82) is 0 Å². The van der Waals surface area contributed by atoms with Gasteiger partial charge in [0.05, 0.1) is 0 Å². The van der Waals surface area contributed by atoms with Crippen molar-refractivity contribution >= 4 is 11.6 Å². The fraction of sp³-hybridized carbons (Fsp3) is 0.562. The van der Waals surface area contributed by atoms with Crippen LogP contribution in [-0.4, -0.2) is 24.5 Å². The van der Waals surface area contributed by atoms with Crippen LogP contribution < -0.4 is 16.0 Å². The van der Waals surface area contributed by atoms with E-state index in [9.17, 15) is 4.79 Å². The van der Waals surface area contributed by atoms with Gasteiger partial charge in [-0.3, -0.25) is 4.79 Å². The van der Waals surface area contributed by atoms with Gasteiger partial charge in [0.2, 0.25) is 5.91 Å². The van der Waals surface area contributed by atoms with Crippen LogP contribution in [0.1, 0.15) is 45.2 Å². The normalized spacial score (nSPS) is 21.0. The number of fused-ring (bicyclic) bond motifs is 1. The minimum absolute atomic E-state index is 0.0762. The number of hydrogen-bond acceptors (Lipinski definition) is 3. The topological polar surface area (TPSA) is 58.4 Å². The van der Waals surface area contributed by atoms with Crippen molar-refractivity contribution in [3.63, 3.8) is 0 Å². The lowest BCUT2D eigenvalue weighted by Crippen LogP contribution is -2.50. The van der Waals surface area contributed by atoms with Crippen LogP contribution in [0.2, 0.25) is 0 Å². The molecule has 1 aromatic carbocycles. The number of nitrogens with one attached hydrogen (secondary N) is 1. The number of para-hydroxylation sites is 1. The van der Waals surface area contributed by atoms with Crippen molar-refractivity contribution in [2.24, 2.45) is 5.73 Å². The van der Waals surface area contributed by atoms with E-state index in [-0.39, 0.29) is 24.0 Å². The minimum atomic E-state index is -0.169. The lowest BCUT2D eigenvalue weighted by Gasteiger charge is -2.38. The first kappa shape index (κ1) is 14.9. The zero-order valence-electron chi connectivity index (χ0n) is 12.6. The van der Waals surface area contributed by atoms with Crippen molar-refractivity contribution in [1.82, 2.24) is 5.32 Å². The molecular weight excluding hydrogens is 250 g/mol. The number of anilines is 1. The second kappa shape index (κ2) is 6.27. The van der Waals surface area contributed by atoms with Gasteiger partial charge in [0.15, 0.2) is 0 Å². The zero-order valence-corrected chi connectivity index (χ0v) is 12.6. The van der Waals surface area contributed by atoms with Crippen LogP contribution in [0, 0.1) is 0 Å². The van der Waals surface area contributed by atoms with E-state index >= 15 is 0 Å². The standard InChI is InChI=1S/C16H25N3O/c1-4-11(2)18-16(20)12(3)19-10-9-14(17)13-7-5-6-8-15(13)19/h5-8,11-12,14H,4,9-10,17H2,1-3H3,(H,18,20). The third-order valence-corrected chi connectivity index (χ3v) is 4.17. The number of benzene rings is 1. The van der Waals surface area contributed by atoms with E-state index in [0.29, 0.717) is 0 Å². The summed E-state index contributed by atoms with van der Waals surface area (Å²) in [5.74, 6) is 0.0876. The fourth-order valence-corrected chi connectivity index (χ4v) is 2.63. The quantitative estimate of drug-likeness (QED) is 0.885. The van der Waals surface area contributed by atoms with Gasteiger partial charge < -0.3 is 16.0 Å².